The molecule has 1 aromatic heterocycles. The van der Waals surface area contributed by atoms with Crippen LogP contribution < -0.4 is 10.6 Å². The Labute approximate surface area is 103 Å². The molecule has 0 aromatic carbocycles. The molecule has 1 heterocycles. The third kappa shape index (κ3) is 5.62. The Morgan fingerprint density at radius 3 is 2.78 bits per heavy atom. The van der Waals surface area contributed by atoms with Crippen molar-refractivity contribution in [3.05, 3.63) is 30.1 Å². The van der Waals surface area contributed by atoms with E-state index in [2.05, 4.69) is 10.3 Å². The van der Waals surface area contributed by atoms with Crippen LogP contribution in [0.1, 0.15) is 18.5 Å². The molecule has 0 spiro atoms. The Morgan fingerprint density at radius 2 is 2.22 bits per heavy atom. The number of nitrogens with one attached hydrogen (secondary N) is 2. The lowest BCUT2D eigenvalue weighted by Crippen LogP contribution is -2.39. The van der Waals surface area contributed by atoms with E-state index < -0.39 is 18.6 Å². The molecule has 1 rings (SSSR count). The van der Waals surface area contributed by atoms with Crippen LogP contribution in [-0.2, 0) is 4.79 Å². The lowest BCUT2D eigenvalue weighted by atomic mass is 10.1. The summed E-state index contributed by atoms with van der Waals surface area (Å²) in [6, 6.07) is 3.41. The average molecular weight is 261 g/mol. The SMILES string of the molecule is C[C@H](NCC(=O)NCC(F)(F)F)c1cccnc1. The van der Waals surface area contributed by atoms with Gasteiger partial charge in [0, 0.05) is 18.4 Å². The highest BCUT2D eigenvalue weighted by molar-refractivity contribution is 5.78. The Balaban J connectivity index is 2.31. The first-order valence-electron chi connectivity index (χ1n) is 5.35. The van der Waals surface area contributed by atoms with Crippen molar-refractivity contribution in [1.29, 1.82) is 0 Å². The quantitative estimate of drug-likeness (QED) is 0.842. The normalized spacial score (nSPS) is 13.1. The van der Waals surface area contributed by atoms with Crippen LogP contribution in [0.25, 0.3) is 0 Å². The van der Waals surface area contributed by atoms with Crippen molar-refractivity contribution < 1.29 is 18.0 Å². The molecule has 4 nitrogen and oxygen atoms in total. The van der Waals surface area contributed by atoms with Crippen LogP contribution in [0.15, 0.2) is 24.5 Å². The van der Waals surface area contributed by atoms with Gasteiger partial charge in [-0.1, -0.05) is 6.07 Å². The van der Waals surface area contributed by atoms with Crippen molar-refractivity contribution in [2.24, 2.45) is 0 Å². The minimum Gasteiger partial charge on any atom is -0.346 e. The van der Waals surface area contributed by atoms with Gasteiger partial charge in [-0.15, -0.1) is 0 Å². The number of aromatic nitrogens is 1. The Bertz CT molecular complexity index is 381. The highest BCUT2D eigenvalue weighted by atomic mass is 19.4. The standard InChI is InChI=1S/C11H14F3N3O/c1-8(9-3-2-4-15-5-9)16-6-10(18)17-7-11(12,13)14/h2-5,8,16H,6-7H2,1H3,(H,17,18)/t8-/m0/s1. The fraction of sp³-hybridized carbons (Fsp3) is 0.455. The van der Waals surface area contributed by atoms with Crippen LogP contribution in [0.4, 0.5) is 13.2 Å². The molecule has 1 amide bonds. The van der Waals surface area contributed by atoms with E-state index in [-0.39, 0.29) is 12.6 Å². The van der Waals surface area contributed by atoms with Gasteiger partial charge in [0.05, 0.1) is 6.54 Å². The van der Waals surface area contributed by atoms with Crippen molar-refractivity contribution in [2.45, 2.75) is 19.1 Å². The predicted molar refractivity (Wildman–Crippen MR) is 59.7 cm³/mol. The third-order valence-corrected chi connectivity index (χ3v) is 2.24. The summed E-state index contributed by atoms with van der Waals surface area (Å²) in [7, 11) is 0. The van der Waals surface area contributed by atoms with E-state index in [1.165, 1.54) is 0 Å². The second-order valence-corrected chi connectivity index (χ2v) is 3.78. The van der Waals surface area contributed by atoms with E-state index in [4.69, 9.17) is 0 Å². The van der Waals surface area contributed by atoms with Crippen LogP contribution in [0, 0.1) is 0 Å². The van der Waals surface area contributed by atoms with Gasteiger partial charge in [0.1, 0.15) is 6.54 Å². The molecular formula is C11H14F3N3O. The van der Waals surface area contributed by atoms with Crippen LogP contribution >= 0.6 is 0 Å². The maximum absolute atomic E-state index is 11.8. The van der Waals surface area contributed by atoms with Crippen molar-refractivity contribution in [3.63, 3.8) is 0 Å². The minimum atomic E-state index is -4.38. The average Bonchev–Trinajstić information content (AvgIpc) is 2.33. The van der Waals surface area contributed by atoms with Gasteiger partial charge >= 0.3 is 6.18 Å². The topological polar surface area (TPSA) is 54.0 Å². The molecule has 0 saturated carbocycles. The van der Waals surface area contributed by atoms with Crippen LogP contribution in [-0.4, -0.2) is 30.2 Å². The Hall–Kier alpha value is -1.63. The number of hydrogen-bond acceptors (Lipinski definition) is 3. The van der Waals surface area contributed by atoms with Gasteiger partial charge in [-0.3, -0.25) is 9.78 Å². The Morgan fingerprint density at radius 1 is 1.50 bits per heavy atom. The number of alkyl halides is 3. The van der Waals surface area contributed by atoms with Crippen molar-refractivity contribution in [1.82, 2.24) is 15.6 Å². The molecular weight excluding hydrogens is 247 g/mol. The van der Waals surface area contributed by atoms with Crippen LogP contribution in [0.3, 0.4) is 0 Å². The highest BCUT2D eigenvalue weighted by Gasteiger charge is 2.27. The molecule has 2 N–H and O–H groups in total. The number of carbonyl (C=O) groups excluding carboxylic acids is 1. The summed E-state index contributed by atoms with van der Waals surface area (Å²) in [6.45, 7) is 0.314. The largest absolute Gasteiger partial charge is 0.405 e. The third-order valence-electron chi connectivity index (χ3n) is 2.24. The molecule has 0 fully saturated rings. The van der Waals surface area contributed by atoms with Gasteiger partial charge < -0.3 is 10.6 Å². The first-order chi connectivity index (χ1) is 8.38. The van der Waals surface area contributed by atoms with Crippen LogP contribution in [0.5, 0.6) is 0 Å². The van der Waals surface area contributed by atoms with E-state index in [9.17, 15) is 18.0 Å². The molecule has 100 valence electrons. The fourth-order valence-electron chi connectivity index (χ4n) is 1.26. The summed E-state index contributed by atoms with van der Waals surface area (Å²) in [4.78, 5) is 15.0. The second-order valence-electron chi connectivity index (χ2n) is 3.78. The predicted octanol–water partition coefficient (Wildman–Crippen LogP) is 1.41. The molecule has 0 aliphatic heterocycles. The first kappa shape index (κ1) is 14.4. The van der Waals surface area contributed by atoms with E-state index in [1.54, 1.807) is 30.7 Å². The number of rotatable bonds is 5. The van der Waals surface area contributed by atoms with Crippen LogP contribution in [0.2, 0.25) is 0 Å². The Kier molecular flexibility index (Phi) is 5.08. The molecule has 0 aliphatic rings. The van der Waals surface area contributed by atoms with Gasteiger partial charge in [0.2, 0.25) is 5.91 Å². The number of pyridine rings is 1. The summed E-state index contributed by atoms with van der Waals surface area (Å²) in [5.74, 6) is -0.692. The zero-order valence-electron chi connectivity index (χ0n) is 9.79. The molecule has 0 bridgehead atoms. The van der Waals surface area contributed by atoms with Gasteiger partial charge in [0.25, 0.3) is 0 Å². The number of nitrogens with zero attached hydrogens (tertiary/aromatic N) is 1. The highest BCUT2D eigenvalue weighted by Crippen LogP contribution is 2.12. The second kappa shape index (κ2) is 6.34. The summed E-state index contributed by atoms with van der Waals surface area (Å²) >= 11 is 0. The molecule has 1 aromatic rings. The summed E-state index contributed by atoms with van der Waals surface area (Å²) in [6.07, 6.45) is -1.14. The molecule has 18 heavy (non-hydrogen) atoms. The smallest absolute Gasteiger partial charge is 0.346 e. The summed E-state index contributed by atoms with van der Waals surface area (Å²) in [5, 5.41) is 4.60. The molecule has 7 heteroatoms. The lowest BCUT2D eigenvalue weighted by Gasteiger charge is -2.14. The maximum Gasteiger partial charge on any atom is 0.405 e. The van der Waals surface area contributed by atoms with Crippen molar-refractivity contribution in [3.8, 4) is 0 Å². The number of amides is 1. The van der Waals surface area contributed by atoms with Crippen molar-refractivity contribution >= 4 is 5.91 Å². The first-order valence-corrected chi connectivity index (χ1v) is 5.35. The van der Waals surface area contributed by atoms with E-state index in [0.29, 0.717) is 0 Å². The molecule has 0 aliphatic carbocycles. The van der Waals surface area contributed by atoms with Crippen molar-refractivity contribution in [2.75, 3.05) is 13.1 Å². The van der Waals surface area contributed by atoms with Gasteiger partial charge in [-0.25, -0.2) is 0 Å². The lowest BCUT2D eigenvalue weighted by molar-refractivity contribution is -0.137. The van der Waals surface area contributed by atoms with Gasteiger partial charge in [0.15, 0.2) is 0 Å². The number of carbonyl (C=O) groups is 1. The van der Waals surface area contributed by atoms with Gasteiger partial charge in [-0.05, 0) is 18.6 Å². The monoisotopic (exact) mass is 261 g/mol. The number of hydrogen-bond donors (Lipinski definition) is 2. The maximum atomic E-state index is 11.8. The molecule has 0 unspecified atom stereocenters. The van der Waals surface area contributed by atoms with E-state index in [1.807, 2.05) is 6.07 Å². The zero-order valence-corrected chi connectivity index (χ0v) is 9.79. The van der Waals surface area contributed by atoms with Gasteiger partial charge in [-0.2, -0.15) is 13.2 Å². The molecule has 0 radical (unpaired) electrons. The van der Waals surface area contributed by atoms with E-state index >= 15 is 0 Å². The van der Waals surface area contributed by atoms with E-state index in [0.717, 1.165) is 5.56 Å². The molecule has 1 atom stereocenters. The zero-order chi connectivity index (χ0) is 13.6. The summed E-state index contributed by atoms with van der Waals surface area (Å²) < 4.78 is 35.5. The molecule has 0 saturated heterocycles. The fourth-order valence-corrected chi connectivity index (χ4v) is 1.26. The minimum absolute atomic E-state index is 0.157. The number of halogens is 3. The summed E-state index contributed by atoms with van der Waals surface area (Å²) in [5.41, 5.74) is 0.862.